The highest BCUT2D eigenvalue weighted by atomic mass is 127. The molecule has 0 fully saturated rings. The van der Waals surface area contributed by atoms with Crippen molar-refractivity contribution in [2.24, 2.45) is 22.7 Å². The van der Waals surface area contributed by atoms with Crippen molar-refractivity contribution < 1.29 is 0 Å². The highest BCUT2D eigenvalue weighted by molar-refractivity contribution is 14.1. The van der Waals surface area contributed by atoms with E-state index in [0.29, 0.717) is 33.3 Å². The highest BCUT2D eigenvalue weighted by Gasteiger charge is 2.30. The van der Waals surface area contributed by atoms with Gasteiger partial charge in [0.15, 0.2) is 17.5 Å². The normalized spacial score (nSPS) is 22.8. The van der Waals surface area contributed by atoms with E-state index < -0.39 is 0 Å². The van der Waals surface area contributed by atoms with E-state index in [1.54, 1.807) is 0 Å². The molecule has 5 unspecified atom stereocenters. The van der Waals surface area contributed by atoms with Crippen molar-refractivity contribution in [2.75, 3.05) is 5.32 Å². The number of halogens is 1. The molecule has 0 amide bonds. The summed E-state index contributed by atoms with van der Waals surface area (Å²) in [5.74, 6) is 3.33. The molecule has 1 aliphatic heterocycles. The number of nitrogens with zero attached hydrogens (tertiary/aromatic N) is 4. The number of hydrogen-bond donors (Lipinski definition) is 1. The molecule has 0 spiro atoms. The van der Waals surface area contributed by atoms with E-state index in [1.807, 2.05) is 0 Å². The van der Waals surface area contributed by atoms with Crippen molar-refractivity contribution in [2.45, 2.75) is 62.8 Å². The number of benzene rings is 3. The third kappa shape index (κ3) is 8.20. The first-order chi connectivity index (χ1) is 26.9. The maximum Gasteiger partial charge on any atom is 0.164 e. The van der Waals surface area contributed by atoms with Crippen LogP contribution in [0.25, 0.3) is 33.9 Å². The summed E-state index contributed by atoms with van der Waals surface area (Å²) in [5, 5.41) is 3.83. The molecule has 3 aromatic carbocycles. The molecule has 276 valence electrons. The fraction of sp³-hybridized carbons (Fsp3) is 0.265. The van der Waals surface area contributed by atoms with Crippen molar-refractivity contribution in [3.8, 4) is 22.8 Å². The van der Waals surface area contributed by atoms with Gasteiger partial charge in [-0.25, -0.2) is 19.9 Å². The Kier molecular flexibility index (Phi) is 11.3. The molecule has 4 aliphatic rings. The minimum absolute atomic E-state index is 0.0754. The van der Waals surface area contributed by atoms with Crippen molar-refractivity contribution in [1.29, 1.82) is 0 Å². The smallest absolute Gasteiger partial charge is 0.164 e. The molecular formula is C49H48IN5. The van der Waals surface area contributed by atoms with Gasteiger partial charge in [-0.2, -0.15) is 0 Å². The van der Waals surface area contributed by atoms with Crippen molar-refractivity contribution >= 4 is 50.8 Å². The van der Waals surface area contributed by atoms with Gasteiger partial charge in [-0.3, -0.25) is 0 Å². The number of alkyl halides is 1. The molecular weight excluding hydrogens is 785 g/mol. The summed E-state index contributed by atoms with van der Waals surface area (Å²) in [7, 11) is 0. The van der Waals surface area contributed by atoms with Gasteiger partial charge in [-0.15, -0.1) is 0 Å². The van der Waals surface area contributed by atoms with Crippen LogP contribution >= 0.6 is 22.6 Å². The van der Waals surface area contributed by atoms with Crippen LogP contribution < -0.4 is 5.32 Å². The third-order valence-electron chi connectivity index (χ3n) is 11.2. The van der Waals surface area contributed by atoms with Gasteiger partial charge in [0, 0.05) is 15.1 Å². The fourth-order valence-corrected chi connectivity index (χ4v) is 8.81. The SMILES string of the molecule is C/C=C\C=C/C(I)C1C=C(c2nc(-c3ccc(C4Nc5ccccc5N=C4C4=CC=CCC4C)cc3)nc(-c3cccc(C4=CC=CCC4)c3)n2)C(C)CC1. The molecule has 0 saturated carbocycles. The topological polar surface area (TPSA) is 63.1 Å². The average Bonchev–Trinajstić information content (AvgIpc) is 3.24. The second-order valence-corrected chi connectivity index (χ2v) is 16.5. The number of hydrogen-bond acceptors (Lipinski definition) is 5. The predicted molar refractivity (Wildman–Crippen MR) is 240 cm³/mol. The quantitative estimate of drug-likeness (QED) is 0.104. The fourth-order valence-electron chi connectivity index (χ4n) is 8.00. The van der Waals surface area contributed by atoms with Crippen LogP contribution in [0.4, 0.5) is 11.4 Å². The molecule has 8 rings (SSSR count). The van der Waals surface area contributed by atoms with Crippen LogP contribution in [0.1, 0.15) is 75.9 Å². The van der Waals surface area contributed by atoms with E-state index in [1.165, 1.54) is 22.3 Å². The molecule has 0 bridgehead atoms. The summed E-state index contributed by atoms with van der Waals surface area (Å²) in [6.07, 6.45) is 29.7. The van der Waals surface area contributed by atoms with Gasteiger partial charge in [0.2, 0.25) is 0 Å². The number of nitrogens with one attached hydrogen (secondary N) is 1. The zero-order valence-electron chi connectivity index (χ0n) is 31.9. The Hall–Kier alpha value is -4.95. The van der Waals surface area contributed by atoms with Crippen LogP contribution in [-0.2, 0) is 0 Å². The van der Waals surface area contributed by atoms with Crippen LogP contribution in [-0.4, -0.2) is 24.6 Å². The van der Waals surface area contributed by atoms with Gasteiger partial charge in [0.25, 0.3) is 0 Å². The van der Waals surface area contributed by atoms with E-state index >= 15 is 0 Å². The summed E-state index contributed by atoms with van der Waals surface area (Å²) in [6.45, 7) is 6.66. The van der Waals surface area contributed by atoms with Crippen molar-refractivity contribution in [3.63, 3.8) is 0 Å². The van der Waals surface area contributed by atoms with Crippen LogP contribution in [0.3, 0.4) is 0 Å². The Balaban J connectivity index is 1.19. The maximum atomic E-state index is 5.26. The zero-order chi connectivity index (χ0) is 37.7. The summed E-state index contributed by atoms with van der Waals surface area (Å²) >= 11 is 2.58. The van der Waals surface area contributed by atoms with E-state index in [-0.39, 0.29) is 6.04 Å². The molecule has 5 nitrogen and oxygen atoms in total. The molecule has 55 heavy (non-hydrogen) atoms. The molecule has 1 N–H and O–H groups in total. The van der Waals surface area contributed by atoms with Gasteiger partial charge >= 0.3 is 0 Å². The molecule has 1 aromatic heterocycles. The number of aliphatic imine (C=N–C) groups is 1. The van der Waals surface area contributed by atoms with E-state index in [9.17, 15) is 0 Å². The largest absolute Gasteiger partial charge is 0.371 e. The molecule has 0 saturated heterocycles. The lowest BCUT2D eigenvalue weighted by atomic mass is 9.81. The van der Waals surface area contributed by atoms with Gasteiger partial charge in [0.05, 0.1) is 23.1 Å². The minimum Gasteiger partial charge on any atom is -0.371 e. The first-order valence-corrected chi connectivity index (χ1v) is 21.0. The lowest BCUT2D eigenvalue weighted by Crippen LogP contribution is -2.28. The molecule has 3 aliphatic carbocycles. The molecule has 0 radical (unpaired) electrons. The number of anilines is 1. The second kappa shape index (κ2) is 16.8. The van der Waals surface area contributed by atoms with E-state index in [4.69, 9.17) is 19.9 Å². The van der Waals surface area contributed by atoms with Crippen LogP contribution in [0.5, 0.6) is 0 Å². The van der Waals surface area contributed by atoms with Gasteiger partial charge in [-0.05, 0) is 103 Å². The Labute approximate surface area is 339 Å². The molecule has 5 atom stereocenters. The Morgan fingerprint density at radius 2 is 1.55 bits per heavy atom. The zero-order valence-corrected chi connectivity index (χ0v) is 34.0. The molecule has 6 heteroatoms. The summed E-state index contributed by atoms with van der Waals surface area (Å²) in [6, 6.07) is 25.7. The summed E-state index contributed by atoms with van der Waals surface area (Å²) < 4.78 is 0.385. The van der Waals surface area contributed by atoms with E-state index in [0.717, 1.165) is 71.7 Å². The maximum absolute atomic E-state index is 5.26. The van der Waals surface area contributed by atoms with Gasteiger partial charge in [0.1, 0.15) is 0 Å². The lowest BCUT2D eigenvalue weighted by Gasteiger charge is -2.31. The average molecular weight is 834 g/mol. The number of aromatic nitrogens is 3. The standard InChI is InChI=1S/C49H48IN5/c1-4-5-7-21-42(50)38-25-24-33(3)41(31-38)49-54-47(53-48(55-49)39-19-14-18-37(30-39)34-16-8-6-9-17-34)36-28-26-35(27-29-36)45-46(40-20-11-10-15-32(40)2)52-44-23-13-12-22-43(44)51-45/h4-8,10-14,16,18-23,26-33,38,42,45,51H,9,15,17,24-25H2,1-3H3/b5-4-,21-7-. The Bertz CT molecular complexity index is 2300. The number of para-hydroxylation sites is 2. The van der Waals surface area contributed by atoms with Gasteiger partial charge in [-0.1, -0.05) is 158 Å². The van der Waals surface area contributed by atoms with Crippen LogP contribution in [0.2, 0.25) is 0 Å². The molecule has 4 aromatic rings. The van der Waals surface area contributed by atoms with Crippen molar-refractivity contribution in [3.05, 3.63) is 162 Å². The third-order valence-corrected chi connectivity index (χ3v) is 12.6. The lowest BCUT2D eigenvalue weighted by molar-refractivity contribution is 0.501. The van der Waals surface area contributed by atoms with Crippen molar-refractivity contribution in [1.82, 2.24) is 15.0 Å². The highest BCUT2D eigenvalue weighted by Crippen LogP contribution is 2.41. The van der Waals surface area contributed by atoms with Crippen LogP contribution in [0, 0.1) is 17.8 Å². The number of rotatable bonds is 9. The second-order valence-electron chi connectivity index (χ2n) is 15.1. The Morgan fingerprint density at radius 3 is 2.35 bits per heavy atom. The molecule has 2 heterocycles. The number of fused-ring (bicyclic) bond motifs is 1. The summed E-state index contributed by atoms with van der Waals surface area (Å²) in [4.78, 5) is 20.9. The first-order valence-electron chi connectivity index (χ1n) is 19.7. The predicted octanol–water partition coefficient (Wildman–Crippen LogP) is 13.1. The first kappa shape index (κ1) is 37.0. The minimum atomic E-state index is -0.0754. The number of allylic oxidation sites excluding steroid dienone is 13. The van der Waals surface area contributed by atoms with Gasteiger partial charge < -0.3 is 5.32 Å². The monoisotopic (exact) mass is 833 g/mol. The Morgan fingerprint density at radius 1 is 0.764 bits per heavy atom. The summed E-state index contributed by atoms with van der Waals surface area (Å²) in [5.41, 5.74) is 11.3. The van der Waals surface area contributed by atoms with Crippen LogP contribution in [0.15, 0.2) is 150 Å². The van der Waals surface area contributed by atoms with E-state index in [2.05, 4.69) is 188 Å².